The number of benzene rings is 2. The third-order valence-corrected chi connectivity index (χ3v) is 5.72. The number of hydrogen-bond acceptors (Lipinski definition) is 5. The van der Waals surface area contributed by atoms with Crippen molar-refractivity contribution in [2.45, 2.75) is 6.42 Å². The number of nitrogens with one attached hydrogen (secondary N) is 1. The summed E-state index contributed by atoms with van der Waals surface area (Å²) >= 11 is 6.10. The van der Waals surface area contributed by atoms with Crippen molar-refractivity contribution < 1.29 is 4.79 Å². The SMILES string of the molecule is CN1CCN(c2ccc(Nc3cc(Cc4cccc(Cl)c4)cnc3C(N)=O)cc2)CC1. The Kier molecular flexibility index (Phi) is 6.39. The fourth-order valence-electron chi connectivity index (χ4n) is 3.75. The van der Waals surface area contributed by atoms with Gasteiger partial charge in [0.25, 0.3) is 5.91 Å². The van der Waals surface area contributed by atoms with Crippen molar-refractivity contribution in [3.05, 3.63) is 82.6 Å². The molecule has 1 saturated heterocycles. The summed E-state index contributed by atoms with van der Waals surface area (Å²) in [5.41, 5.74) is 10.5. The van der Waals surface area contributed by atoms with E-state index in [1.807, 2.05) is 42.5 Å². The van der Waals surface area contributed by atoms with E-state index in [4.69, 9.17) is 17.3 Å². The van der Waals surface area contributed by atoms with E-state index in [1.165, 1.54) is 5.69 Å². The largest absolute Gasteiger partial charge is 0.369 e. The molecule has 0 aliphatic carbocycles. The Bertz CT molecular complexity index is 1060. The highest BCUT2D eigenvalue weighted by atomic mass is 35.5. The molecule has 0 bridgehead atoms. The lowest BCUT2D eigenvalue weighted by Crippen LogP contribution is -2.44. The molecule has 0 radical (unpaired) electrons. The number of halogens is 1. The van der Waals surface area contributed by atoms with Crippen LogP contribution in [0.15, 0.2) is 60.8 Å². The van der Waals surface area contributed by atoms with Gasteiger partial charge in [-0.3, -0.25) is 4.79 Å². The maximum absolute atomic E-state index is 11.9. The molecule has 3 aromatic rings. The van der Waals surface area contributed by atoms with Crippen LogP contribution in [-0.4, -0.2) is 49.0 Å². The first-order valence-corrected chi connectivity index (χ1v) is 10.7. The van der Waals surface area contributed by atoms with Crippen molar-refractivity contribution in [1.29, 1.82) is 0 Å². The van der Waals surface area contributed by atoms with E-state index < -0.39 is 5.91 Å². The van der Waals surface area contributed by atoms with Gasteiger partial charge in [-0.2, -0.15) is 0 Å². The van der Waals surface area contributed by atoms with Crippen LogP contribution in [0.4, 0.5) is 17.1 Å². The fourth-order valence-corrected chi connectivity index (χ4v) is 3.97. The summed E-state index contributed by atoms with van der Waals surface area (Å²) in [7, 11) is 2.15. The van der Waals surface area contributed by atoms with Gasteiger partial charge in [-0.1, -0.05) is 23.7 Å². The van der Waals surface area contributed by atoms with Gasteiger partial charge in [-0.05, 0) is 67.1 Å². The van der Waals surface area contributed by atoms with Gasteiger partial charge in [0.05, 0.1) is 5.69 Å². The lowest BCUT2D eigenvalue weighted by Gasteiger charge is -2.34. The molecule has 0 unspecified atom stereocenters. The number of rotatable bonds is 6. The van der Waals surface area contributed by atoms with Gasteiger partial charge in [0.15, 0.2) is 5.69 Å². The van der Waals surface area contributed by atoms with Gasteiger partial charge in [0, 0.05) is 48.8 Å². The van der Waals surface area contributed by atoms with Gasteiger partial charge in [0.1, 0.15) is 0 Å². The lowest BCUT2D eigenvalue weighted by molar-refractivity contribution is 0.0996. The van der Waals surface area contributed by atoms with Gasteiger partial charge in [0.2, 0.25) is 0 Å². The average molecular weight is 436 g/mol. The monoisotopic (exact) mass is 435 g/mol. The van der Waals surface area contributed by atoms with E-state index in [-0.39, 0.29) is 5.69 Å². The molecule has 1 aliphatic rings. The van der Waals surface area contributed by atoms with Crippen LogP contribution in [0.5, 0.6) is 0 Å². The highest BCUT2D eigenvalue weighted by Gasteiger charge is 2.15. The van der Waals surface area contributed by atoms with Crippen molar-refractivity contribution >= 4 is 34.6 Å². The van der Waals surface area contributed by atoms with Crippen LogP contribution >= 0.6 is 11.6 Å². The highest BCUT2D eigenvalue weighted by Crippen LogP contribution is 2.25. The number of carbonyl (C=O) groups excluding carboxylic acids is 1. The molecule has 1 aromatic heterocycles. The van der Waals surface area contributed by atoms with Gasteiger partial charge in [-0.15, -0.1) is 0 Å². The Morgan fingerprint density at radius 3 is 2.48 bits per heavy atom. The molecule has 0 atom stereocenters. The maximum Gasteiger partial charge on any atom is 0.269 e. The first-order valence-electron chi connectivity index (χ1n) is 10.3. The number of amides is 1. The highest BCUT2D eigenvalue weighted by molar-refractivity contribution is 6.30. The third-order valence-electron chi connectivity index (χ3n) is 5.49. The molecule has 6 nitrogen and oxygen atoms in total. The molecular formula is C24H26ClN5O. The Labute approximate surface area is 187 Å². The molecule has 160 valence electrons. The number of hydrogen-bond donors (Lipinski definition) is 2. The van der Waals surface area contributed by atoms with Crippen molar-refractivity contribution in [1.82, 2.24) is 9.88 Å². The average Bonchev–Trinajstić information content (AvgIpc) is 2.75. The summed E-state index contributed by atoms with van der Waals surface area (Å²) in [6.45, 7) is 4.16. The maximum atomic E-state index is 11.9. The molecule has 3 N–H and O–H groups in total. The number of pyridine rings is 1. The quantitative estimate of drug-likeness (QED) is 0.613. The van der Waals surface area contributed by atoms with Crippen molar-refractivity contribution in [3.63, 3.8) is 0 Å². The topological polar surface area (TPSA) is 74.5 Å². The first kappa shape index (κ1) is 21.2. The number of aromatic nitrogens is 1. The Balaban J connectivity index is 1.53. The van der Waals surface area contributed by atoms with Crippen molar-refractivity contribution in [2.75, 3.05) is 43.4 Å². The summed E-state index contributed by atoms with van der Waals surface area (Å²) in [6, 6.07) is 17.8. The van der Waals surface area contributed by atoms with Gasteiger partial charge < -0.3 is 20.9 Å². The molecule has 0 saturated carbocycles. The van der Waals surface area contributed by atoms with Crippen molar-refractivity contribution in [2.24, 2.45) is 5.73 Å². The fraction of sp³-hybridized carbons (Fsp3) is 0.250. The number of piperazine rings is 1. The molecule has 1 aliphatic heterocycles. The van der Waals surface area contributed by atoms with Crippen LogP contribution < -0.4 is 16.0 Å². The first-order chi connectivity index (χ1) is 15.0. The second-order valence-electron chi connectivity index (χ2n) is 7.87. The minimum atomic E-state index is -0.564. The van der Waals surface area contributed by atoms with Crippen LogP contribution in [0.25, 0.3) is 0 Å². The second-order valence-corrected chi connectivity index (χ2v) is 8.31. The van der Waals surface area contributed by atoms with Crippen LogP contribution in [0.1, 0.15) is 21.6 Å². The molecule has 31 heavy (non-hydrogen) atoms. The molecule has 2 aromatic carbocycles. The number of nitrogens with zero attached hydrogens (tertiary/aromatic N) is 3. The zero-order valence-electron chi connectivity index (χ0n) is 17.5. The van der Waals surface area contributed by atoms with E-state index in [1.54, 1.807) is 6.20 Å². The number of anilines is 3. The van der Waals surface area contributed by atoms with Crippen LogP contribution in [0.3, 0.4) is 0 Å². The predicted octanol–water partition coefficient (Wildman–Crippen LogP) is 3.92. The molecule has 1 amide bonds. The van der Waals surface area contributed by atoms with E-state index in [2.05, 4.69) is 39.3 Å². The third kappa shape index (κ3) is 5.34. The smallest absolute Gasteiger partial charge is 0.269 e. The zero-order valence-corrected chi connectivity index (χ0v) is 18.3. The number of likely N-dealkylation sites (N-methyl/N-ethyl adjacent to an activating group) is 1. The van der Waals surface area contributed by atoms with E-state index >= 15 is 0 Å². The predicted molar refractivity (Wildman–Crippen MR) is 126 cm³/mol. The summed E-state index contributed by atoms with van der Waals surface area (Å²) in [5.74, 6) is -0.564. The van der Waals surface area contributed by atoms with Crippen molar-refractivity contribution in [3.8, 4) is 0 Å². The van der Waals surface area contributed by atoms with Crippen LogP contribution in [0.2, 0.25) is 5.02 Å². The summed E-state index contributed by atoms with van der Waals surface area (Å²) in [6.07, 6.45) is 2.34. The number of nitrogens with two attached hydrogens (primary N) is 1. The van der Waals surface area contributed by atoms with E-state index in [0.717, 1.165) is 43.0 Å². The van der Waals surface area contributed by atoms with Crippen LogP contribution in [0, 0.1) is 0 Å². The summed E-state index contributed by atoms with van der Waals surface area (Å²) in [4.78, 5) is 20.9. The molecular weight excluding hydrogens is 410 g/mol. The zero-order chi connectivity index (χ0) is 21.8. The molecule has 1 fully saturated rings. The summed E-state index contributed by atoms with van der Waals surface area (Å²) < 4.78 is 0. The molecule has 0 spiro atoms. The second kappa shape index (κ2) is 9.37. The van der Waals surface area contributed by atoms with Gasteiger partial charge >= 0.3 is 0 Å². The Morgan fingerprint density at radius 2 is 1.81 bits per heavy atom. The molecule has 4 rings (SSSR count). The minimum Gasteiger partial charge on any atom is -0.369 e. The standard InChI is InChI=1S/C24H26ClN5O/c1-29-9-11-30(12-10-29)21-7-5-20(6-8-21)28-22-15-18(16-27-23(22)24(26)31)13-17-3-2-4-19(25)14-17/h2-8,14-16,28H,9-13H2,1H3,(H2,26,31). The lowest BCUT2D eigenvalue weighted by atomic mass is 10.1. The number of primary amides is 1. The van der Waals surface area contributed by atoms with Gasteiger partial charge in [-0.25, -0.2) is 4.98 Å². The minimum absolute atomic E-state index is 0.220. The molecule has 7 heteroatoms. The Hall–Kier alpha value is -3.09. The normalized spacial score (nSPS) is 14.5. The van der Waals surface area contributed by atoms with E-state index in [0.29, 0.717) is 17.1 Å². The van der Waals surface area contributed by atoms with E-state index in [9.17, 15) is 4.79 Å². The summed E-state index contributed by atoms with van der Waals surface area (Å²) in [5, 5.41) is 4.01. The van der Waals surface area contributed by atoms with Crippen LogP contribution in [-0.2, 0) is 6.42 Å². The number of carbonyl (C=O) groups is 1. The molecule has 2 heterocycles. The Morgan fingerprint density at radius 1 is 1.06 bits per heavy atom.